The zero-order valence-corrected chi connectivity index (χ0v) is 11.0. The van der Waals surface area contributed by atoms with Gasteiger partial charge in [0.1, 0.15) is 0 Å². The maximum absolute atomic E-state index is 12.2. The van der Waals surface area contributed by atoms with Gasteiger partial charge in [0.2, 0.25) is 5.91 Å². The molecule has 1 aromatic heterocycles. The molecule has 1 amide bonds. The lowest BCUT2D eigenvalue weighted by molar-refractivity contribution is -0.117. The number of nitrogens with zero attached hydrogens (tertiary/aromatic N) is 2. The van der Waals surface area contributed by atoms with Crippen molar-refractivity contribution in [1.82, 2.24) is 4.98 Å². The molecule has 0 fully saturated rings. The summed E-state index contributed by atoms with van der Waals surface area (Å²) in [5.41, 5.74) is 1.38. The zero-order valence-electron chi connectivity index (χ0n) is 11.0. The first-order chi connectivity index (χ1) is 9.59. The Labute approximate surface area is 116 Å². The molecule has 1 aromatic carbocycles. The molecule has 0 unspecified atom stereocenters. The molecule has 0 spiro atoms. The van der Waals surface area contributed by atoms with Gasteiger partial charge in [-0.2, -0.15) is 0 Å². The first-order valence-electron chi connectivity index (χ1n) is 6.07. The third kappa shape index (κ3) is 3.00. The van der Waals surface area contributed by atoms with Crippen LogP contribution in [0.3, 0.4) is 0 Å². The van der Waals surface area contributed by atoms with E-state index >= 15 is 0 Å². The number of carbonyl (C=O) groups is 2. The molecule has 0 radical (unpaired) electrons. The van der Waals surface area contributed by atoms with E-state index in [1.54, 1.807) is 49.8 Å². The van der Waals surface area contributed by atoms with Crippen molar-refractivity contribution >= 4 is 17.6 Å². The van der Waals surface area contributed by atoms with E-state index in [0.717, 1.165) is 5.69 Å². The van der Waals surface area contributed by atoms with E-state index in [2.05, 4.69) is 4.98 Å². The van der Waals surface area contributed by atoms with Crippen molar-refractivity contribution < 1.29 is 14.7 Å². The van der Waals surface area contributed by atoms with Gasteiger partial charge in [0.15, 0.2) is 0 Å². The van der Waals surface area contributed by atoms with Crippen molar-refractivity contribution in [3.05, 3.63) is 59.9 Å². The number of pyridine rings is 1. The number of hydrogen-bond acceptors (Lipinski definition) is 3. The van der Waals surface area contributed by atoms with E-state index < -0.39 is 5.97 Å². The predicted octanol–water partition coefficient (Wildman–Crippen LogP) is 1.99. The normalized spacial score (nSPS) is 10.1. The minimum atomic E-state index is -1.03. The van der Waals surface area contributed by atoms with Crippen LogP contribution in [0.4, 0.5) is 5.69 Å². The topological polar surface area (TPSA) is 70.5 Å². The zero-order chi connectivity index (χ0) is 14.5. The quantitative estimate of drug-likeness (QED) is 0.922. The Kier molecular flexibility index (Phi) is 4.10. The van der Waals surface area contributed by atoms with Gasteiger partial charge in [0.05, 0.1) is 12.0 Å². The second-order valence-electron chi connectivity index (χ2n) is 4.30. The first-order valence-corrected chi connectivity index (χ1v) is 6.07. The second-order valence-corrected chi connectivity index (χ2v) is 4.30. The van der Waals surface area contributed by atoms with Crippen molar-refractivity contribution in [3.63, 3.8) is 0 Å². The van der Waals surface area contributed by atoms with Crippen LogP contribution < -0.4 is 4.90 Å². The molecule has 0 aliphatic heterocycles. The van der Waals surface area contributed by atoms with Gasteiger partial charge in [-0.3, -0.25) is 9.78 Å². The van der Waals surface area contributed by atoms with Crippen LogP contribution in [0.2, 0.25) is 0 Å². The Hall–Kier alpha value is -2.69. The second kappa shape index (κ2) is 5.97. The summed E-state index contributed by atoms with van der Waals surface area (Å²) in [5, 5.41) is 9.10. The highest BCUT2D eigenvalue weighted by atomic mass is 16.4. The van der Waals surface area contributed by atoms with Crippen molar-refractivity contribution in [2.75, 3.05) is 11.9 Å². The van der Waals surface area contributed by atoms with Crippen molar-refractivity contribution in [2.24, 2.45) is 0 Å². The smallest absolute Gasteiger partial charge is 0.335 e. The van der Waals surface area contributed by atoms with Gasteiger partial charge >= 0.3 is 5.97 Å². The number of carboxylic acid groups (broad SMARTS) is 1. The summed E-state index contributed by atoms with van der Waals surface area (Å²) in [6, 6.07) is 9.96. The van der Waals surface area contributed by atoms with Crippen LogP contribution in [0.5, 0.6) is 0 Å². The molecule has 0 bridgehead atoms. The molecule has 20 heavy (non-hydrogen) atoms. The van der Waals surface area contributed by atoms with Crippen LogP contribution in [0.15, 0.2) is 48.8 Å². The first kappa shape index (κ1) is 13.7. The van der Waals surface area contributed by atoms with E-state index in [-0.39, 0.29) is 17.9 Å². The number of aromatic nitrogens is 1. The van der Waals surface area contributed by atoms with Crippen molar-refractivity contribution in [2.45, 2.75) is 6.42 Å². The summed E-state index contributed by atoms with van der Waals surface area (Å²) in [4.78, 5) is 28.7. The minimum absolute atomic E-state index is 0.0430. The molecule has 1 heterocycles. The molecule has 2 aromatic rings. The standard InChI is InChI=1S/C15H14N2O3/c1-17(12-6-8-16-9-7-12)14(18)10-11-4-2-3-5-13(11)15(19)20/h2-9H,10H2,1H3,(H,19,20). The van der Waals surface area contributed by atoms with Gasteiger partial charge in [-0.05, 0) is 23.8 Å². The fraction of sp³-hybridized carbons (Fsp3) is 0.133. The van der Waals surface area contributed by atoms with Gasteiger partial charge in [-0.25, -0.2) is 4.79 Å². The predicted molar refractivity (Wildman–Crippen MR) is 74.8 cm³/mol. The molecule has 5 heteroatoms. The lowest BCUT2D eigenvalue weighted by Crippen LogP contribution is -2.28. The number of carbonyl (C=O) groups excluding carboxylic acids is 1. The van der Waals surface area contributed by atoms with Gasteiger partial charge in [0, 0.05) is 25.1 Å². The summed E-state index contributed by atoms with van der Waals surface area (Å²) in [5.74, 6) is -1.20. The number of likely N-dealkylation sites (N-methyl/N-ethyl adjacent to an activating group) is 1. The minimum Gasteiger partial charge on any atom is -0.478 e. The number of amides is 1. The Bertz CT molecular complexity index is 626. The van der Waals surface area contributed by atoms with Crippen LogP contribution in [0, 0.1) is 0 Å². The average Bonchev–Trinajstić information content (AvgIpc) is 2.47. The average molecular weight is 270 g/mol. The summed E-state index contributed by atoms with van der Waals surface area (Å²) in [6.45, 7) is 0. The summed E-state index contributed by atoms with van der Waals surface area (Å²) in [7, 11) is 1.65. The van der Waals surface area contributed by atoms with Crippen LogP contribution in [-0.4, -0.2) is 29.0 Å². The number of carboxylic acids is 1. The molecule has 0 aliphatic rings. The summed E-state index contributed by atoms with van der Waals surface area (Å²) < 4.78 is 0. The molecular weight excluding hydrogens is 256 g/mol. The van der Waals surface area contributed by atoms with E-state index in [4.69, 9.17) is 5.11 Å². The third-order valence-corrected chi connectivity index (χ3v) is 3.01. The molecule has 102 valence electrons. The molecule has 0 atom stereocenters. The van der Waals surface area contributed by atoms with E-state index in [0.29, 0.717) is 5.56 Å². The SMILES string of the molecule is CN(C(=O)Cc1ccccc1C(=O)O)c1ccncc1. The number of aromatic carboxylic acids is 1. The number of benzene rings is 1. The number of hydrogen-bond donors (Lipinski definition) is 1. The molecule has 0 saturated heterocycles. The fourth-order valence-electron chi connectivity index (χ4n) is 1.88. The molecule has 0 aliphatic carbocycles. The maximum atomic E-state index is 12.2. The van der Waals surface area contributed by atoms with Crippen molar-refractivity contribution in [3.8, 4) is 0 Å². The largest absolute Gasteiger partial charge is 0.478 e. The Morgan fingerprint density at radius 1 is 1.15 bits per heavy atom. The van der Waals surface area contributed by atoms with Gasteiger partial charge in [-0.15, -0.1) is 0 Å². The van der Waals surface area contributed by atoms with E-state index in [1.165, 1.54) is 11.0 Å². The molecule has 1 N–H and O–H groups in total. The number of rotatable bonds is 4. The van der Waals surface area contributed by atoms with E-state index in [9.17, 15) is 9.59 Å². The lowest BCUT2D eigenvalue weighted by Gasteiger charge is -2.17. The Morgan fingerprint density at radius 3 is 2.45 bits per heavy atom. The summed E-state index contributed by atoms with van der Waals surface area (Å²) >= 11 is 0. The highest BCUT2D eigenvalue weighted by Crippen LogP contribution is 2.14. The maximum Gasteiger partial charge on any atom is 0.335 e. The van der Waals surface area contributed by atoms with Crippen LogP contribution >= 0.6 is 0 Å². The van der Waals surface area contributed by atoms with E-state index in [1.807, 2.05) is 0 Å². The molecule has 0 saturated carbocycles. The molecular formula is C15H14N2O3. The Morgan fingerprint density at radius 2 is 1.80 bits per heavy atom. The van der Waals surface area contributed by atoms with Crippen molar-refractivity contribution in [1.29, 1.82) is 0 Å². The number of anilines is 1. The summed E-state index contributed by atoms with van der Waals surface area (Å²) in [6.07, 6.45) is 3.25. The third-order valence-electron chi connectivity index (χ3n) is 3.01. The monoisotopic (exact) mass is 270 g/mol. The Balaban J connectivity index is 2.18. The van der Waals surface area contributed by atoms with Gasteiger partial charge in [0.25, 0.3) is 0 Å². The van der Waals surface area contributed by atoms with Gasteiger partial charge in [-0.1, -0.05) is 18.2 Å². The van der Waals surface area contributed by atoms with Crippen LogP contribution in [0.25, 0.3) is 0 Å². The molecule has 5 nitrogen and oxygen atoms in total. The lowest BCUT2D eigenvalue weighted by atomic mass is 10.0. The van der Waals surface area contributed by atoms with Crippen LogP contribution in [-0.2, 0) is 11.2 Å². The van der Waals surface area contributed by atoms with Crippen LogP contribution in [0.1, 0.15) is 15.9 Å². The molecule has 2 rings (SSSR count). The highest BCUT2D eigenvalue weighted by molar-refractivity contribution is 5.97. The van der Waals surface area contributed by atoms with Gasteiger partial charge < -0.3 is 10.0 Å². The highest BCUT2D eigenvalue weighted by Gasteiger charge is 2.16. The fourth-order valence-corrected chi connectivity index (χ4v) is 1.88.